The fourth-order valence-electron chi connectivity index (χ4n) is 4.19. The quantitative estimate of drug-likeness (QED) is 0.354. The van der Waals surface area contributed by atoms with E-state index in [0.717, 1.165) is 25.6 Å². The van der Waals surface area contributed by atoms with Crippen molar-refractivity contribution in [3.63, 3.8) is 0 Å². The maximum atomic E-state index is 8.74. The van der Waals surface area contributed by atoms with E-state index in [9.17, 15) is 0 Å². The van der Waals surface area contributed by atoms with Gasteiger partial charge >= 0.3 is 0 Å². The standard InChI is InChI=1S/C16H29N3O2/c17-15(18-20)6-10-19(13-4-5-13)14-7-11-21-16(12-14)8-2-1-3-9-16/h13-14,20H,1-12H2,(H2,17,18). The Bertz CT molecular complexity index is 370. The van der Waals surface area contributed by atoms with Crippen LogP contribution in [0.4, 0.5) is 0 Å². The van der Waals surface area contributed by atoms with Gasteiger partial charge in [-0.15, -0.1) is 0 Å². The lowest BCUT2D eigenvalue weighted by molar-refractivity contribution is -0.125. The Morgan fingerprint density at radius 3 is 2.62 bits per heavy atom. The topological polar surface area (TPSA) is 71.1 Å². The van der Waals surface area contributed by atoms with Gasteiger partial charge in [-0.25, -0.2) is 0 Å². The van der Waals surface area contributed by atoms with Crippen molar-refractivity contribution in [2.75, 3.05) is 13.2 Å². The average Bonchev–Trinajstić information content (AvgIpc) is 3.33. The van der Waals surface area contributed by atoms with E-state index in [1.807, 2.05) is 0 Å². The van der Waals surface area contributed by atoms with Gasteiger partial charge in [0.2, 0.25) is 0 Å². The fraction of sp³-hybridized carbons (Fsp3) is 0.938. The van der Waals surface area contributed by atoms with Crippen LogP contribution >= 0.6 is 0 Å². The van der Waals surface area contributed by atoms with Crippen molar-refractivity contribution in [3.8, 4) is 0 Å². The van der Waals surface area contributed by atoms with Crippen molar-refractivity contribution in [1.82, 2.24) is 4.90 Å². The van der Waals surface area contributed by atoms with Crippen LogP contribution < -0.4 is 5.73 Å². The summed E-state index contributed by atoms with van der Waals surface area (Å²) in [5, 5.41) is 11.8. The molecule has 0 radical (unpaired) electrons. The van der Waals surface area contributed by atoms with Crippen molar-refractivity contribution < 1.29 is 9.94 Å². The number of nitrogens with zero attached hydrogens (tertiary/aromatic N) is 2. The summed E-state index contributed by atoms with van der Waals surface area (Å²) in [6.45, 7) is 1.82. The summed E-state index contributed by atoms with van der Waals surface area (Å²) in [6.07, 6.45) is 12.1. The van der Waals surface area contributed by atoms with E-state index in [2.05, 4.69) is 10.1 Å². The zero-order valence-corrected chi connectivity index (χ0v) is 13.0. The maximum Gasteiger partial charge on any atom is 0.140 e. The molecule has 2 aliphatic carbocycles. The van der Waals surface area contributed by atoms with E-state index in [-0.39, 0.29) is 5.60 Å². The molecule has 1 atom stereocenters. The summed E-state index contributed by atoms with van der Waals surface area (Å²) in [5.41, 5.74) is 5.81. The van der Waals surface area contributed by atoms with Crippen molar-refractivity contribution in [3.05, 3.63) is 0 Å². The molecule has 5 heteroatoms. The van der Waals surface area contributed by atoms with Gasteiger partial charge in [0.05, 0.1) is 5.60 Å². The van der Waals surface area contributed by atoms with Gasteiger partial charge in [0, 0.05) is 31.7 Å². The molecule has 3 rings (SSSR count). The van der Waals surface area contributed by atoms with Crippen LogP contribution in [0.2, 0.25) is 0 Å². The van der Waals surface area contributed by atoms with E-state index < -0.39 is 0 Å². The molecule has 5 nitrogen and oxygen atoms in total. The minimum atomic E-state index is 0.158. The van der Waals surface area contributed by atoms with Crippen molar-refractivity contribution in [2.24, 2.45) is 10.9 Å². The molecule has 1 saturated heterocycles. The first-order valence-corrected chi connectivity index (χ1v) is 8.58. The van der Waals surface area contributed by atoms with Crippen LogP contribution in [-0.2, 0) is 4.74 Å². The monoisotopic (exact) mass is 295 g/mol. The molecule has 0 bridgehead atoms. The van der Waals surface area contributed by atoms with Crippen molar-refractivity contribution >= 4 is 5.84 Å². The second kappa shape index (κ2) is 6.53. The van der Waals surface area contributed by atoms with Crippen LogP contribution in [0.25, 0.3) is 0 Å². The molecule has 120 valence electrons. The van der Waals surface area contributed by atoms with E-state index in [1.165, 1.54) is 51.4 Å². The summed E-state index contributed by atoms with van der Waals surface area (Å²) < 4.78 is 6.22. The van der Waals surface area contributed by atoms with Crippen molar-refractivity contribution in [1.29, 1.82) is 0 Å². The number of rotatable bonds is 5. The number of amidine groups is 1. The second-order valence-electron chi connectivity index (χ2n) is 7.05. The van der Waals surface area contributed by atoms with Gasteiger partial charge in [-0.05, 0) is 38.5 Å². The van der Waals surface area contributed by atoms with Crippen LogP contribution in [0, 0.1) is 0 Å². The third-order valence-electron chi connectivity index (χ3n) is 5.47. The highest BCUT2D eigenvalue weighted by atomic mass is 16.5. The van der Waals surface area contributed by atoms with Crippen LogP contribution in [0.1, 0.15) is 64.2 Å². The third-order valence-corrected chi connectivity index (χ3v) is 5.47. The predicted octanol–water partition coefficient (Wildman–Crippen LogP) is 2.47. The lowest BCUT2D eigenvalue weighted by Crippen LogP contribution is -2.50. The molecule has 3 fully saturated rings. The average molecular weight is 295 g/mol. The Morgan fingerprint density at radius 1 is 1.19 bits per heavy atom. The largest absolute Gasteiger partial charge is 0.409 e. The zero-order valence-electron chi connectivity index (χ0n) is 13.0. The molecule has 21 heavy (non-hydrogen) atoms. The van der Waals surface area contributed by atoms with Crippen LogP contribution in [0.3, 0.4) is 0 Å². The third kappa shape index (κ3) is 3.69. The smallest absolute Gasteiger partial charge is 0.140 e. The van der Waals surface area contributed by atoms with Crippen LogP contribution in [-0.4, -0.2) is 46.8 Å². The molecule has 1 unspecified atom stereocenters. The molecule has 0 aromatic carbocycles. The van der Waals surface area contributed by atoms with Gasteiger partial charge in [0.25, 0.3) is 0 Å². The highest BCUT2D eigenvalue weighted by Gasteiger charge is 2.43. The van der Waals surface area contributed by atoms with Gasteiger partial charge in [0.1, 0.15) is 5.84 Å². The minimum absolute atomic E-state index is 0.158. The summed E-state index contributed by atoms with van der Waals surface area (Å²) >= 11 is 0. The Kier molecular flexibility index (Phi) is 4.69. The molecule has 0 aromatic heterocycles. The fourth-order valence-corrected chi connectivity index (χ4v) is 4.19. The van der Waals surface area contributed by atoms with E-state index in [0.29, 0.717) is 18.3 Å². The first-order valence-electron chi connectivity index (χ1n) is 8.58. The molecule has 1 aliphatic heterocycles. The SMILES string of the molecule is NC(CCN(C1CC1)C1CCOC2(CCCCC2)C1)=NO. The van der Waals surface area contributed by atoms with E-state index >= 15 is 0 Å². The van der Waals surface area contributed by atoms with Gasteiger partial charge < -0.3 is 15.7 Å². The summed E-state index contributed by atoms with van der Waals surface area (Å²) in [7, 11) is 0. The molecular formula is C16H29N3O2. The van der Waals surface area contributed by atoms with Crippen LogP contribution in [0.15, 0.2) is 5.16 Å². The second-order valence-corrected chi connectivity index (χ2v) is 7.05. The Balaban J connectivity index is 1.61. The normalized spacial score (nSPS) is 30.0. The number of oxime groups is 1. The van der Waals surface area contributed by atoms with Gasteiger partial charge in [-0.1, -0.05) is 24.4 Å². The summed E-state index contributed by atoms with van der Waals surface area (Å²) in [5.74, 6) is 0.347. The molecule has 1 heterocycles. The molecule has 0 aromatic rings. The van der Waals surface area contributed by atoms with E-state index in [1.54, 1.807) is 0 Å². The lowest BCUT2D eigenvalue weighted by atomic mass is 9.78. The van der Waals surface area contributed by atoms with Crippen LogP contribution in [0.5, 0.6) is 0 Å². The highest BCUT2D eigenvalue weighted by molar-refractivity contribution is 5.79. The Hall–Kier alpha value is -0.810. The maximum absolute atomic E-state index is 8.74. The van der Waals surface area contributed by atoms with Crippen molar-refractivity contribution in [2.45, 2.75) is 81.9 Å². The first-order chi connectivity index (χ1) is 10.2. The molecule has 2 saturated carbocycles. The predicted molar refractivity (Wildman–Crippen MR) is 82.5 cm³/mol. The Labute approximate surface area is 127 Å². The van der Waals surface area contributed by atoms with E-state index in [4.69, 9.17) is 15.7 Å². The highest BCUT2D eigenvalue weighted by Crippen LogP contribution is 2.42. The first kappa shape index (κ1) is 15.1. The number of hydrogen-bond acceptors (Lipinski definition) is 4. The number of nitrogens with two attached hydrogens (primary N) is 1. The van der Waals surface area contributed by atoms with Gasteiger partial charge in [-0.3, -0.25) is 4.90 Å². The Morgan fingerprint density at radius 2 is 1.95 bits per heavy atom. The number of ether oxygens (including phenoxy) is 1. The molecule has 3 aliphatic rings. The molecule has 1 spiro atoms. The summed E-state index contributed by atoms with van der Waals surface area (Å²) in [4.78, 5) is 2.62. The van der Waals surface area contributed by atoms with Gasteiger partial charge in [-0.2, -0.15) is 0 Å². The minimum Gasteiger partial charge on any atom is -0.409 e. The molecule has 3 N–H and O–H groups in total. The molecule has 0 amide bonds. The number of hydrogen-bond donors (Lipinski definition) is 2. The molecular weight excluding hydrogens is 266 g/mol. The summed E-state index contributed by atoms with van der Waals surface area (Å²) in [6, 6.07) is 1.34. The zero-order chi connectivity index (χ0) is 14.7. The lowest BCUT2D eigenvalue weighted by Gasteiger charge is -2.46. The van der Waals surface area contributed by atoms with Gasteiger partial charge in [0.15, 0.2) is 0 Å².